The molecular weight excluding hydrogens is 252 g/mol. The van der Waals surface area contributed by atoms with Crippen molar-refractivity contribution in [1.29, 1.82) is 0 Å². The molecule has 1 rings (SSSR count). The van der Waals surface area contributed by atoms with Crippen molar-refractivity contribution in [2.45, 2.75) is 19.9 Å². The third-order valence-corrected chi connectivity index (χ3v) is 2.40. The minimum atomic E-state index is -1.18. The van der Waals surface area contributed by atoms with Gasteiger partial charge in [0.2, 0.25) is 5.91 Å². The molecule has 0 saturated heterocycles. The van der Waals surface area contributed by atoms with E-state index in [1.807, 2.05) is 0 Å². The Balaban J connectivity index is 2.72. The Labute approximate surface area is 109 Å². The second kappa shape index (κ2) is 5.89. The smallest absolute Gasteiger partial charge is 0.354 e. The summed E-state index contributed by atoms with van der Waals surface area (Å²) < 4.78 is 0. The van der Waals surface area contributed by atoms with Crippen LogP contribution in [0.1, 0.15) is 23.1 Å². The SMILES string of the molecule is CNC(=O)C(C)NC(=O)Nc1cc(C)[nH]c1C(=O)O. The molecule has 8 nitrogen and oxygen atoms in total. The number of anilines is 1. The first-order chi connectivity index (χ1) is 8.85. The lowest BCUT2D eigenvalue weighted by Gasteiger charge is -2.12. The van der Waals surface area contributed by atoms with Gasteiger partial charge in [-0.05, 0) is 19.9 Å². The van der Waals surface area contributed by atoms with Crippen molar-refractivity contribution in [2.75, 3.05) is 12.4 Å². The number of aromatic nitrogens is 1. The highest BCUT2D eigenvalue weighted by Crippen LogP contribution is 2.16. The number of carboxylic acids is 1. The highest BCUT2D eigenvalue weighted by molar-refractivity contribution is 6.00. The Hall–Kier alpha value is -2.51. The third-order valence-electron chi connectivity index (χ3n) is 2.40. The highest BCUT2D eigenvalue weighted by Gasteiger charge is 2.18. The van der Waals surface area contributed by atoms with Crippen molar-refractivity contribution < 1.29 is 19.5 Å². The number of hydrogen-bond acceptors (Lipinski definition) is 3. The number of carbonyl (C=O) groups excluding carboxylic acids is 2. The van der Waals surface area contributed by atoms with Gasteiger partial charge < -0.3 is 26.0 Å². The van der Waals surface area contributed by atoms with Crippen molar-refractivity contribution in [1.82, 2.24) is 15.6 Å². The lowest BCUT2D eigenvalue weighted by Crippen LogP contribution is -2.45. The van der Waals surface area contributed by atoms with E-state index in [9.17, 15) is 14.4 Å². The van der Waals surface area contributed by atoms with Crippen molar-refractivity contribution in [3.8, 4) is 0 Å². The standard InChI is InChI=1S/C11H16N4O4/c1-5-4-7(8(13-5)10(17)18)15-11(19)14-6(2)9(16)12-3/h4,6,13H,1-3H3,(H,12,16)(H,17,18)(H2,14,15,19). The molecule has 0 bridgehead atoms. The lowest BCUT2D eigenvalue weighted by atomic mass is 10.3. The van der Waals surface area contributed by atoms with Crippen molar-refractivity contribution in [2.24, 2.45) is 0 Å². The van der Waals surface area contributed by atoms with Gasteiger partial charge in [-0.2, -0.15) is 0 Å². The predicted octanol–water partition coefficient (Wildman–Crippen LogP) is 0.277. The van der Waals surface area contributed by atoms with E-state index >= 15 is 0 Å². The summed E-state index contributed by atoms with van der Waals surface area (Å²) in [7, 11) is 1.45. The zero-order valence-electron chi connectivity index (χ0n) is 10.8. The Morgan fingerprint density at radius 2 is 2.00 bits per heavy atom. The average Bonchev–Trinajstić information content (AvgIpc) is 2.68. The van der Waals surface area contributed by atoms with Crippen LogP contribution in [0, 0.1) is 6.92 Å². The molecule has 104 valence electrons. The van der Waals surface area contributed by atoms with Gasteiger partial charge in [0.05, 0.1) is 5.69 Å². The van der Waals surface area contributed by atoms with Gasteiger partial charge in [0.15, 0.2) is 0 Å². The van der Waals surface area contributed by atoms with E-state index in [-0.39, 0.29) is 17.3 Å². The number of likely N-dealkylation sites (N-methyl/N-ethyl adjacent to an activating group) is 1. The van der Waals surface area contributed by atoms with Crippen LogP contribution in [-0.4, -0.2) is 41.1 Å². The fourth-order valence-corrected chi connectivity index (χ4v) is 1.49. The summed E-state index contributed by atoms with van der Waals surface area (Å²) >= 11 is 0. The quantitative estimate of drug-likeness (QED) is 0.538. The van der Waals surface area contributed by atoms with Crippen LogP contribution < -0.4 is 16.0 Å². The van der Waals surface area contributed by atoms with Gasteiger partial charge in [0, 0.05) is 12.7 Å². The number of aromatic amines is 1. The van der Waals surface area contributed by atoms with Crippen LogP contribution in [0.3, 0.4) is 0 Å². The molecule has 5 N–H and O–H groups in total. The summed E-state index contributed by atoms with van der Waals surface area (Å²) in [4.78, 5) is 36.4. The number of urea groups is 1. The van der Waals surface area contributed by atoms with E-state index in [0.717, 1.165) is 0 Å². The van der Waals surface area contributed by atoms with Crippen molar-refractivity contribution in [3.63, 3.8) is 0 Å². The molecule has 1 atom stereocenters. The molecule has 0 saturated carbocycles. The molecule has 1 aromatic rings. The fraction of sp³-hybridized carbons (Fsp3) is 0.364. The monoisotopic (exact) mass is 268 g/mol. The molecule has 1 unspecified atom stereocenters. The van der Waals surface area contributed by atoms with Gasteiger partial charge in [-0.3, -0.25) is 4.79 Å². The van der Waals surface area contributed by atoms with E-state index in [1.54, 1.807) is 6.92 Å². The number of nitrogens with one attached hydrogen (secondary N) is 4. The van der Waals surface area contributed by atoms with Gasteiger partial charge in [0.1, 0.15) is 11.7 Å². The molecule has 3 amide bonds. The number of carbonyl (C=O) groups is 3. The molecular formula is C11H16N4O4. The number of aromatic carboxylic acids is 1. The first-order valence-corrected chi connectivity index (χ1v) is 5.57. The largest absolute Gasteiger partial charge is 0.477 e. The highest BCUT2D eigenvalue weighted by atomic mass is 16.4. The molecule has 0 spiro atoms. The van der Waals surface area contributed by atoms with Crippen LogP contribution in [0.15, 0.2) is 6.07 Å². The zero-order valence-corrected chi connectivity index (χ0v) is 10.8. The van der Waals surface area contributed by atoms with Crippen LogP contribution in [0.25, 0.3) is 0 Å². The van der Waals surface area contributed by atoms with E-state index < -0.39 is 18.0 Å². The second-order valence-corrected chi connectivity index (χ2v) is 3.98. The predicted molar refractivity (Wildman–Crippen MR) is 68.2 cm³/mol. The Morgan fingerprint density at radius 3 is 2.53 bits per heavy atom. The van der Waals surface area contributed by atoms with Gasteiger partial charge in [0.25, 0.3) is 0 Å². The number of aryl methyl sites for hydroxylation is 1. The Morgan fingerprint density at radius 1 is 1.37 bits per heavy atom. The Bertz CT molecular complexity index is 509. The summed E-state index contributed by atoms with van der Waals surface area (Å²) in [5, 5.41) is 16.1. The van der Waals surface area contributed by atoms with Gasteiger partial charge in [-0.25, -0.2) is 9.59 Å². The maximum absolute atomic E-state index is 11.6. The maximum atomic E-state index is 11.6. The van der Waals surface area contributed by atoms with E-state index in [4.69, 9.17) is 5.11 Å². The number of rotatable bonds is 4. The molecule has 0 aromatic carbocycles. The number of hydrogen-bond donors (Lipinski definition) is 5. The van der Waals surface area contributed by atoms with E-state index in [2.05, 4.69) is 20.9 Å². The molecule has 8 heteroatoms. The van der Waals surface area contributed by atoms with Gasteiger partial charge in [-0.15, -0.1) is 0 Å². The molecule has 0 fully saturated rings. The lowest BCUT2D eigenvalue weighted by molar-refractivity contribution is -0.122. The molecule has 0 aliphatic carbocycles. The first-order valence-electron chi connectivity index (χ1n) is 5.57. The fourth-order valence-electron chi connectivity index (χ4n) is 1.49. The van der Waals surface area contributed by atoms with Crippen LogP contribution in [0.4, 0.5) is 10.5 Å². The summed E-state index contributed by atoms with van der Waals surface area (Å²) in [5.41, 5.74) is 0.638. The normalized spacial score (nSPS) is 11.5. The van der Waals surface area contributed by atoms with Crippen LogP contribution in [0.5, 0.6) is 0 Å². The Kier molecular flexibility index (Phi) is 4.51. The molecule has 1 aromatic heterocycles. The van der Waals surface area contributed by atoms with Crippen LogP contribution >= 0.6 is 0 Å². The maximum Gasteiger partial charge on any atom is 0.354 e. The number of carboxylic acid groups (broad SMARTS) is 1. The third kappa shape index (κ3) is 3.73. The van der Waals surface area contributed by atoms with Gasteiger partial charge >= 0.3 is 12.0 Å². The number of H-pyrrole nitrogens is 1. The van der Waals surface area contributed by atoms with Crippen molar-refractivity contribution in [3.05, 3.63) is 17.5 Å². The number of amides is 3. The van der Waals surface area contributed by atoms with Crippen molar-refractivity contribution >= 4 is 23.6 Å². The van der Waals surface area contributed by atoms with E-state index in [0.29, 0.717) is 5.69 Å². The molecule has 0 aliphatic rings. The van der Waals surface area contributed by atoms with Gasteiger partial charge in [-0.1, -0.05) is 0 Å². The topological polar surface area (TPSA) is 123 Å². The summed E-state index contributed by atoms with van der Waals surface area (Å²) in [6.07, 6.45) is 0. The second-order valence-electron chi connectivity index (χ2n) is 3.98. The molecule has 1 heterocycles. The summed E-state index contributed by atoms with van der Waals surface area (Å²) in [5.74, 6) is -1.53. The molecule has 19 heavy (non-hydrogen) atoms. The average molecular weight is 268 g/mol. The minimum absolute atomic E-state index is 0.111. The molecule has 0 radical (unpaired) electrons. The molecule has 0 aliphatic heterocycles. The van der Waals surface area contributed by atoms with Crippen LogP contribution in [-0.2, 0) is 4.79 Å². The van der Waals surface area contributed by atoms with E-state index in [1.165, 1.54) is 20.0 Å². The zero-order chi connectivity index (χ0) is 14.6. The minimum Gasteiger partial charge on any atom is -0.477 e. The van der Waals surface area contributed by atoms with Crippen LogP contribution in [0.2, 0.25) is 0 Å². The first kappa shape index (κ1) is 14.6. The summed E-state index contributed by atoms with van der Waals surface area (Å²) in [6, 6.07) is 0.115. The summed E-state index contributed by atoms with van der Waals surface area (Å²) in [6.45, 7) is 3.18.